The lowest BCUT2D eigenvalue weighted by Gasteiger charge is -2.33. The molecule has 1 heterocycles. The second-order valence-corrected chi connectivity index (χ2v) is 7.36. The van der Waals surface area contributed by atoms with Gasteiger partial charge in [-0.3, -0.25) is 0 Å². The number of allylic oxidation sites excluding steroid dienone is 2. The Hall–Kier alpha value is -1.35. The number of halogens is 2. The molecule has 23 heavy (non-hydrogen) atoms. The summed E-state index contributed by atoms with van der Waals surface area (Å²) in [6.45, 7) is 4.38. The van der Waals surface area contributed by atoms with Crippen LogP contribution in [-0.2, 0) is 0 Å². The summed E-state index contributed by atoms with van der Waals surface area (Å²) in [5, 5.41) is 3.61. The fraction of sp³-hybridized carbons (Fsp3) is 0.158. The smallest absolute Gasteiger partial charge is 0.0626 e. The van der Waals surface area contributed by atoms with Crippen LogP contribution in [0.25, 0.3) is 11.3 Å². The molecule has 1 aliphatic rings. The zero-order valence-electron chi connectivity index (χ0n) is 13.0. The first kappa shape index (κ1) is 16.5. The molecule has 0 N–H and O–H groups in total. The third-order valence-corrected chi connectivity index (χ3v) is 5.18. The minimum atomic E-state index is 0.366. The molecule has 4 heteroatoms. The van der Waals surface area contributed by atoms with Gasteiger partial charge in [-0.05, 0) is 72.7 Å². The summed E-state index contributed by atoms with van der Waals surface area (Å²) >= 11 is 14.0. The average molecular weight is 362 g/mol. The summed E-state index contributed by atoms with van der Waals surface area (Å²) in [6, 6.07) is 16.3. The van der Waals surface area contributed by atoms with Crippen LogP contribution in [0, 0.1) is 0 Å². The molecule has 2 aromatic carbocycles. The topological polar surface area (TPSA) is 3.24 Å². The van der Waals surface area contributed by atoms with Gasteiger partial charge in [0.15, 0.2) is 0 Å². The second kappa shape index (κ2) is 7.04. The average Bonchev–Trinajstić information content (AvgIpc) is 2.55. The van der Waals surface area contributed by atoms with Crippen LogP contribution in [0.5, 0.6) is 0 Å². The Morgan fingerprint density at radius 1 is 0.913 bits per heavy atom. The Balaban J connectivity index is 2.21. The molecule has 3 rings (SSSR count). The van der Waals surface area contributed by atoms with Gasteiger partial charge < -0.3 is 4.31 Å². The van der Waals surface area contributed by atoms with Gasteiger partial charge in [-0.25, -0.2) is 0 Å². The van der Waals surface area contributed by atoms with Crippen molar-refractivity contribution in [2.75, 3.05) is 0 Å². The maximum atomic E-state index is 6.19. The minimum Gasteiger partial charge on any atom is -0.309 e. The van der Waals surface area contributed by atoms with Gasteiger partial charge in [0.05, 0.1) is 5.70 Å². The van der Waals surface area contributed by atoms with Gasteiger partial charge in [0.1, 0.15) is 0 Å². The zero-order chi connectivity index (χ0) is 16.4. The first-order chi connectivity index (χ1) is 11.1. The lowest BCUT2D eigenvalue weighted by molar-refractivity contribution is 0.533. The van der Waals surface area contributed by atoms with Crippen LogP contribution in [0.3, 0.4) is 0 Å². The Bertz CT molecular complexity index is 763. The summed E-state index contributed by atoms with van der Waals surface area (Å²) in [5.74, 6) is 0. The number of benzene rings is 2. The van der Waals surface area contributed by atoms with Gasteiger partial charge in [0, 0.05) is 21.7 Å². The van der Waals surface area contributed by atoms with Crippen molar-refractivity contribution in [1.82, 2.24) is 4.31 Å². The fourth-order valence-corrected chi connectivity index (χ4v) is 3.77. The molecular formula is C19H17Cl2NS. The molecule has 0 amide bonds. The van der Waals surface area contributed by atoms with Crippen molar-refractivity contribution < 1.29 is 0 Å². The Labute approximate surface area is 151 Å². The summed E-state index contributed by atoms with van der Waals surface area (Å²) in [4.78, 5) is 0. The highest BCUT2D eigenvalue weighted by molar-refractivity contribution is 8.00. The normalized spacial score (nSPS) is 14.7. The molecule has 0 spiro atoms. The third kappa shape index (κ3) is 3.60. The van der Waals surface area contributed by atoms with E-state index >= 15 is 0 Å². The lowest BCUT2D eigenvalue weighted by atomic mass is 9.98. The summed E-state index contributed by atoms with van der Waals surface area (Å²) in [7, 11) is 0. The van der Waals surface area contributed by atoms with Crippen LogP contribution in [-0.4, -0.2) is 10.3 Å². The van der Waals surface area contributed by atoms with Gasteiger partial charge in [-0.1, -0.05) is 47.5 Å². The SMILES string of the molecule is CC(C)N1SC=CC(c2cccc(Cl)c2)=C1c1ccc(Cl)cc1. The Kier molecular flexibility index (Phi) is 5.05. The van der Waals surface area contributed by atoms with Gasteiger partial charge >= 0.3 is 0 Å². The fourth-order valence-electron chi connectivity index (χ4n) is 2.57. The predicted molar refractivity (Wildman–Crippen MR) is 103 cm³/mol. The van der Waals surface area contributed by atoms with E-state index in [-0.39, 0.29) is 0 Å². The van der Waals surface area contributed by atoms with E-state index in [0.29, 0.717) is 6.04 Å². The van der Waals surface area contributed by atoms with Crippen LogP contribution in [0.15, 0.2) is 60.0 Å². The van der Waals surface area contributed by atoms with E-state index in [4.69, 9.17) is 23.2 Å². The molecule has 1 aliphatic heterocycles. The van der Waals surface area contributed by atoms with E-state index < -0.39 is 0 Å². The number of rotatable bonds is 3. The van der Waals surface area contributed by atoms with Crippen LogP contribution in [0.1, 0.15) is 25.0 Å². The highest BCUT2D eigenvalue weighted by Crippen LogP contribution is 2.40. The van der Waals surface area contributed by atoms with E-state index in [0.717, 1.165) is 21.2 Å². The van der Waals surface area contributed by atoms with Gasteiger partial charge in [0.2, 0.25) is 0 Å². The minimum absolute atomic E-state index is 0.366. The van der Waals surface area contributed by atoms with E-state index in [9.17, 15) is 0 Å². The summed E-state index contributed by atoms with van der Waals surface area (Å²) in [6.07, 6.45) is 2.15. The van der Waals surface area contributed by atoms with Crippen molar-refractivity contribution in [2.24, 2.45) is 0 Å². The van der Waals surface area contributed by atoms with Gasteiger partial charge in [-0.15, -0.1) is 0 Å². The molecule has 2 aromatic rings. The van der Waals surface area contributed by atoms with E-state index in [2.05, 4.69) is 47.8 Å². The van der Waals surface area contributed by atoms with Crippen molar-refractivity contribution in [1.29, 1.82) is 0 Å². The summed E-state index contributed by atoms with van der Waals surface area (Å²) in [5.41, 5.74) is 4.62. The largest absolute Gasteiger partial charge is 0.309 e. The third-order valence-electron chi connectivity index (χ3n) is 3.61. The van der Waals surface area contributed by atoms with Crippen molar-refractivity contribution >= 4 is 46.4 Å². The van der Waals surface area contributed by atoms with E-state index in [1.54, 1.807) is 11.9 Å². The maximum absolute atomic E-state index is 6.19. The molecule has 0 atom stereocenters. The lowest BCUT2D eigenvalue weighted by Crippen LogP contribution is -2.24. The number of hydrogen-bond donors (Lipinski definition) is 0. The molecule has 0 bridgehead atoms. The molecule has 0 radical (unpaired) electrons. The zero-order valence-corrected chi connectivity index (χ0v) is 15.3. The van der Waals surface area contributed by atoms with Crippen molar-refractivity contribution in [3.8, 4) is 0 Å². The molecule has 118 valence electrons. The van der Waals surface area contributed by atoms with Crippen LogP contribution < -0.4 is 0 Å². The number of nitrogens with zero attached hydrogens (tertiary/aromatic N) is 1. The first-order valence-electron chi connectivity index (χ1n) is 7.45. The molecular weight excluding hydrogens is 345 g/mol. The molecule has 0 saturated carbocycles. The highest BCUT2D eigenvalue weighted by atomic mass is 35.5. The summed E-state index contributed by atoms with van der Waals surface area (Å²) < 4.78 is 2.32. The number of hydrogen-bond acceptors (Lipinski definition) is 2. The van der Waals surface area contributed by atoms with Crippen LogP contribution in [0.4, 0.5) is 0 Å². The standard InChI is InChI=1S/C19H17Cl2NS/c1-13(2)22-19(14-6-8-16(20)9-7-14)18(10-11-23-22)15-4-3-5-17(21)12-15/h3-13H,1-2H3. The Morgan fingerprint density at radius 3 is 2.30 bits per heavy atom. The first-order valence-corrected chi connectivity index (χ1v) is 9.04. The van der Waals surface area contributed by atoms with Gasteiger partial charge in [0.25, 0.3) is 0 Å². The Morgan fingerprint density at radius 2 is 1.65 bits per heavy atom. The van der Waals surface area contributed by atoms with E-state index in [1.165, 1.54) is 11.3 Å². The molecule has 0 fully saturated rings. The van der Waals surface area contributed by atoms with Gasteiger partial charge in [-0.2, -0.15) is 0 Å². The molecule has 0 unspecified atom stereocenters. The van der Waals surface area contributed by atoms with Crippen molar-refractivity contribution in [2.45, 2.75) is 19.9 Å². The maximum Gasteiger partial charge on any atom is 0.0626 e. The highest BCUT2D eigenvalue weighted by Gasteiger charge is 2.22. The van der Waals surface area contributed by atoms with E-state index in [1.807, 2.05) is 30.3 Å². The molecule has 0 aliphatic carbocycles. The molecule has 0 saturated heterocycles. The molecule has 1 nitrogen and oxygen atoms in total. The van der Waals surface area contributed by atoms with Crippen molar-refractivity contribution in [3.05, 3.63) is 81.2 Å². The van der Waals surface area contributed by atoms with Crippen LogP contribution in [0.2, 0.25) is 10.0 Å². The monoisotopic (exact) mass is 361 g/mol. The molecule has 0 aromatic heterocycles. The predicted octanol–water partition coefficient (Wildman–Crippen LogP) is 6.75. The van der Waals surface area contributed by atoms with Crippen LogP contribution >= 0.6 is 35.1 Å². The quantitative estimate of drug-likeness (QED) is 0.556. The van der Waals surface area contributed by atoms with Crippen molar-refractivity contribution in [3.63, 3.8) is 0 Å². The second-order valence-electron chi connectivity index (χ2n) is 5.61.